The second kappa shape index (κ2) is 6.45. The molecule has 0 fully saturated rings. The minimum atomic E-state index is -0.458. The highest BCUT2D eigenvalue weighted by Gasteiger charge is 2.22. The molecule has 2 aromatic rings. The van der Waals surface area contributed by atoms with E-state index in [0.717, 1.165) is 5.56 Å². The smallest absolute Gasteiger partial charge is 0.333 e. The van der Waals surface area contributed by atoms with Gasteiger partial charge in [0.1, 0.15) is 5.69 Å². The van der Waals surface area contributed by atoms with Crippen molar-refractivity contribution in [2.24, 2.45) is 0 Å². The molecule has 1 N–H and O–H groups in total. The summed E-state index contributed by atoms with van der Waals surface area (Å²) in [5.41, 5.74) is 1.18. The number of hydrogen-bond donors (Lipinski definition) is 1. The fourth-order valence-electron chi connectivity index (χ4n) is 2.13. The maximum absolute atomic E-state index is 11.2. The number of nitro groups is 1. The second-order valence-electron chi connectivity index (χ2n) is 4.50. The van der Waals surface area contributed by atoms with Crippen molar-refractivity contribution in [2.45, 2.75) is 13.0 Å². The van der Waals surface area contributed by atoms with Gasteiger partial charge in [-0.05, 0) is 30.7 Å². The number of anilines is 1. The zero-order valence-electron chi connectivity index (χ0n) is 11.7. The highest BCUT2D eigenvalue weighted by Crippen LogP contribution is 2.37. The van der Waals surface area contributed by atoms with E-state index in [4.69, 9.17) is 16.3 Å². The molecular weight excluding hydrogens is 292 g/mol. The Hall–Kier alpha value is -2.27. The van der Waals surface area contributed by atoms with Crippen LogP contribution < -0.4 is 10.1 Å². The van der Waals surface area contributed by atoms with E-state index in [0.29, 0.717) is 10.7 Å². The Morgan fingerprint density at radius 2 is 1.95 bits per heavy atom. The van der Waals surface area contributed by atoms with Gasteiger partial charge in [-0.3, -0.25) is 10.1 Å². The highest BCUT2D eigenvalue weighted by molar-refractivity contribution is 6.31. The minimum absolute atomic E-state index is 0.0843. The van der Waals surface area contributed by atoms with Gasteiger partial charge in [-0.1, -0.05) is 35.9 Å². The van der Waals surface area contributed by atoms with E-state index >= 15 is 0 Å². The number of nitrogens with zero attached hydrogens (tertiary/aromatic N) is 1. The number of nitro benzene ring substituents is 1. The van der Waals surface area contributed by atoms with Gasteiger partial charge in [-0.2, -0.15) is 0 Å². The van der Waals surface area contributed by atoms with Crippen LogP contribution in [0.4, 0.5) is 11.4 Å². The quantitative estimate of drug-likeness (QED) is 0.655. The zero-order chi connectivity index (χ0) is 15.4. The summed E-state index contributed by atoms with van der Waals surface area (Å²) in [5, 5.41) is 15.0. The molecule has 0 aromatic heterocycles. The molecule has 0 bridgehead atoms. The van der Waals surface area contributed by atoms with E-state index < -0.39 is 4.92 Å². The number of para-hydroxylation sites is 1. The molecule has 21 heavy (non-hydrogen) atoms. The molecule has 5 nitrogen and oxygen atoms in total. The number of hydrogen-bond acceptors (Lipinski definition) is 4. The molecule has 0 radical (unpaired) electrons. The summed E-state index contributed by atoms with van der Waals surface area (Å²) >= 11 is 6.15. The zero-order valence-corrected chi connectivity index (χ0v) is 12.4. The van der Waals surface area contributed by atoms with E-state index in [1.54, 1.807) is 24.3 Å². The lowest BCUT2D eigenvalue weighted by molar-refractivity contribution is -0.384. The molecule has 1 unspecified atom stereocenters. The summed E-state index contributed by atoms with van der Waals surface area (Å²) in [6.07, 6.45) is 0. The van der Waals surface area contributed by atoms with Crippen LogP contribution in [0, 0.1) is 10.1 Å². The molecule has 0 amide bonds. The highest BCUT2D eigenvalue weighted by atomic mass is 35.5. The van der Waals surface area contributed by atoms with Crippen molar-refractivity contribution < 1.29 is 9.66 Å². The van der Waals surface area contributed by atoms with E-state index in [-0.39, 0.29) is 17.5 Å². The van der Waals surface area contributed by atoms with Crippen molar-refractivity contribution in [3.8, 4) is 5.75 Å². The lowest BCUT2D eigenvalue weighted by Crippen LogP contribution is -2.09. The number of ether oxygens (including phenoxy) is 1. The third kappa shape index (κ3) is 3.25. The van der Waals surface area contributed by atoms with Crippen LogP contribution in [0.1, 0.15) is 18.5 Å². The fourth-order valence-corrected chi connectivity index (χ4v) is 2.43. The van der Waals surface area contributed by atoms with Gasteiger partial charge in [0.25, 0.3) is 0 Å². The van der Waals surface area contributed by atoms with Crippen molar-refractivity contribution in [2.75, 3.05) is 12.4 Å². The lowest BCUT2D eigenvalue weighted by Gasteiger charge is -2.17. The van der Waals surface area contributed by atoms with Gasteiger partial charge in [-0.25, -0.2) is 0 Å². The molecule has 0 saturated heterocycles. The SMILES string of the molecule is COc1cccc(NC(C)c2ccccc2Cl)c1[N+](=O)[O-]. The topological polar surface area (TPSA) is 64.4 Å². The minimum Gasteiger partial charge on any atom is -0.490 e. The van der Waals surface area contributed by atoms with Crippen molar-refractivity contribution in [1.82, 2.24) is 0 Å². The summed E-state index contributed by atoms with van der Waals surface area (Å²) in [4.78, 5) is 10.8. The maximum Gasteiger partial charge on any atom is 0.333 e. The Labute approximate surface area is 127 Å². The first-order valence-electron chi connectivity index (χ1n) is 6.37. The largest absolute Gasteiger partial charge is 0.490 e. The Bertz CT molecular complexity index is 661. The van der Waals surface area contributed by atoms with E-state index in [9.17, 15) is 10.1 Å². The van der Waals surface area contributed by atoms with Crippen molar-refractivity contribution in [3.63, 3.8) is 0 Å². The summed E-state index contributed by atoms with van der Waals surface area (Å²) in [6.45, 7) is 1.89. The Balaban J connectivity index is 2.36. The molecule has 0 spiro atoms. The van der Waals surface area contributed by atoms with Crippen LogP contribution >= 0.6 is 11.6 Å². The molecule has 6 heteroatoms. The summed E-state index contributed by atoms with van der Waals surface area (Å²) in [5.74, 6) is 0.219. The average molecular weight is 307 g/mol. The molecule has 0 heterocycles. The molecule has 0 saturated carbocycles. The van der Waals surface area contributed by atoms with Crippen molar-refractivity contribution in [3.05, 3.63) is 63.2 Å². The normalized spacial score (nSPS) is 11.8. The summed E-state index contributed by atoms with van der Waals surface area (Å²) < 4.78 is 5.05. The van der Waals surface area contributed by atoms with E-state index in [2.05, 4.69) is 5.32 Å². The first kappa shape index (κ1) is 15.1. The van der Waals surface area contributed by atoms with Crippen molar-refractivity contribution >= 4 is 23.0 Å². The van der Waals surface area contributed by atoms with Gasteiger partial charge in [-0.15, -0.1) is 0 Å². The second-order valence-corrected chi connectivity index (χ2v) is 4.91. The van der Waals surface area contributed by atoms with Gasteiger partial charge in [0.15, 0.2) is 5.75 Å². The third-order valence-corrected chi connectivity index (χ3v) is 3.49. The van der Waals surface area contributed by atoms with Crippen LogP contribution in [-0.4, -0.2) is 12.0 Å². The van der Waals surface area contributed by atoms with Crippen molar-refractivity contribution in [1.29, 1.82) is 0 Å². The monoisotopic (exact) mass is 306 g/mol. The van der Waals surface area contributed by atoms with Crippen LogP contribution in [0.15, 0.2) is 42.5 Å². The number of methoxy groups -OCH3 is 1. The Morgan fingerprint density at radius 1 is 1.24 bits per heavy atom. The lowest BCUT2D eigenvalue weighted by atomic mass is 10.1. The van der Waals surface area contributed by atoms with E-state index in [1.807, 2.05) is 25.1 Å². The maximum atomic E-state index is 11.2. The summed E-state index contributed by atoms with van der Waals surface area (Å²) in [6, 6.07) is 12.1. The molecule has 2 aromatic carbocycles. The first-order chi connectivity index (χ1) is 10.0. The van der Waals surface area contributed by atoms with Gasteiger partial charge in [0.2, 0.25) is 0 Å². The Morgan fingerprint density at radius 3 is 2.57 bits per heavy atom. The first-order valence-corrected chi connectivity index (χ1v) is 6.74. The average Bonchev–Trinajstić information content (AvgIpc) is 2.46. The van der Waals surface area contributed by atoms with Crippen LogP contribution in [0.25, 0.3) is 0 Å². The van der Waals surface area contributed by atoms with Gasteiger partial charge >= 0.3 is 5.69 Å². The standard InChI is InChI=1S/C15H15ClN2O3/c1-10(11-6-3-4-7-12(11)16)17-13-8-5-9-14(21-2)15(13)18(19)20/h3-10,17H,1-2H3. The number of benzene rings is 2. The van der Waals surface area contributed by atoms with Crippen LogP contribution in [0.5, 0.6) is 5.75 Å². The van der Waals surface area contributed by atoms with E-state index in [1.165, 1.54) is 7.11 Å². The number of rotatable bonds is 5. The predicted octanol–water partition coefficient (Wildman–Crippen LogP) is 4.43. The van der Waals surface area contributed by atoms with Crippen LogP contribution in [0.3, 0.4) is 0 Å². The predicted molar refractivity (Wildman–Crippen MR) is 83.1 cm³/mol. The Kier molecular flexibility index (Phi) is 4.65. The fraction of sp³-hybridized carbons (Fsp3) is 0.200. The van der Waals surface area contributed by atoms with Crippen LogP contribution in [-0.2, 0) is 0 Å². The van der Waals surface area contributed by atoms with Gasteiger partial charge in [0, 0.05) is 5.02 Å². The van der Waals surface area contributed by atoms with Crippen LogP contribution in [0.2, 0.25) is 5.02 Å². The molecule has 2 rings (SSSR count). The third-order valence-electron chi connectivity index (χ3n) is 3.15. The van der Waals surface area contributed by atoms with Gasteiger partial charge in [0.05, 0.1) is 18.1 Å². The molecule has 0 aliphatic heterocycles. The number of halogens is 1. The molecule has 0 aliphatic carbocycles. The molecule has 1 atom stereocenters. The number of nitrogens with one attached hydrogen (secondary N) is 1. The molecule has 0 aliphatic rings. The molecular formula is C15H15ClN2O3. The summed E-state index contributed by atoms with van der Waals surface area (Å²) in [7, 11) is 1.41. The molecule has 110 valence electrons. The van der Waals surface area contributed by atoms with Gasteiger partial charge < -0.3 is 10.1 Å².